The van der Waals surface area contributed by atoms with Crippen molar-refractivity contribution in [2.45, 2.75) is 23.6 Å². The number of hydrogen-bond acceptors (Lipinski definition) is 4. The topological polar surface area (TPSA) is 74.6 Å². The zero-order chi connectivity index (χ0) is 14.2. The summed E-state index contributed by atoms with van der Waals surface area (Å²) in [5.74, 6) is -1.06. The van der Waals surface area contributed by atoms with Gasteiger partial charge in [0.2, 0.25) is 9.84 Å². The minimum atomic E-state index is -3.84. The van der Waals surface area contributed by atoms with Crippen molar-refractivity contribution in [1.29, 1.82) is 0 Å². The van der Waals surface area contributed by atoms with Gasteiger partial charge in [0.15, 0.2) is 11.5 Å². The van der Waals surface area contributed by atoms with E-state index in [4.69, 9.17) is 0 Å². The summed E-state index contributed by atoms with van der Waals surface area (Å²) in [5, 5.41) is 19.3. The molecule has 0 aliphatic rings. The van der Waals surface area contributed by atoms with E-state index < -0.39 is 21.3 Å². The first-order chi connectivity index (χ1) is 8.82. The quantitative estimate of drug-likeness (QED) is 0.828. The van der Waals surface area contributed by atoms with E-state index in [1.165, 1.54) is 24.3 Å². The summed E-state index contributed by atoms with van der Waals surface area (Å²) in [6, 6.07) is 8.96. The van der Waals surface area contributed by atoms with E-state index in [1.54, 1.807) is 19.1 Å². The fourth-order valence-electron chi connectivity index (χ4n) is 1.78. The fourth-order valence-corrected chi connectivity index (χ4v) is 3.22. The van der Waals surface area contributed by atoms with Crippen molar-refractivity contribution in [2.24, 2.45) is 0 Å². The third-order valence-corrected chi connectivity index (χ3v) is 4.60. The zero-order valence-corrected chi connectivity index (χ0v) is 11.4. The summed E-state index contributed by atoms with van der Waals surface area (Å²) in [6.07, 6.45) is 0. The summed E-state index contributed by atoms with van der Waals surface area (Å²) < 4.78 is 24.8. The van der Waals surface area contributed by atoms with E-state index in [9.17, 15) is 18.6 Å². The van der Waals surface area contributed by atoms with Crippen LogP contribution >= 0.6 is 0 Å². The van der Waals surface area contributed by atoms with Gasteiger partial charge >= 0.3 is 0 Å². The number of rotatable bonds is 2. The fraction of sp³-hybridized carbons (Fsp3) is 0.143. The summed E-state index contributed by atoms with van der Waals surface area (Å²) >= 11 is 0. The lowest BCUT2D eigenvalue weighted by Crippen LogP contribution is -2.03. The molecule has 0 saturated heterocycles. The molecule has 0 aromatic heterocycles. The van der Waals surface area contributed by atoms with Crippen LogP contribution in [0, 0.1) is 13.8 Å². The van der Waals surface area contributed by atoms with Gasteiger partial charge in [-0.3, -0.25) is 0 Å². The second kappa shape index (κ2) is 4.59. The smallest absolute Gasteiger partial charge is 0.210 e. The average Bonchev–Trinajstić information content (AvgIpc) is 2.34. The van der Waals surface area contributed by atoms with Crippen LogP contribution in [0.15, 0.2) is 46.2 Å². The first kappa shape index (κ1) is 13.4. The number of phenolic OH excluding ortho intramolecular Hbond substituents is 2. The van der Waals surface area contributed by atoms with Gasteiger partial charge in [-0.2, -0.15) is 0 Å². The molecule has 0 atom stereocenters. The molecular formula is C14H14O4S. The standard InChI is InChI=1S/C14H14O4S/c1-9-3-5-11(6-4-9)19(17,18)13-8-10(2)7-12(15)14(13)16/h3-8,15-16H,1-2H3. The molecule has 4 nitrogen and oxygen atoms in total. The molecule has 2 N–H and O–H groups in total. The monoisotopic (exact) mass is 278 g/mol. The molecule has 2 aromatic carbocycles. The molecular weight excluding hydrogens is 264 g/mol. The van der Waals surface area contributed by atoms with Crippen molar-refractivity contribution in [1.82, 2.24) is 0 Å². The lowest BCUT2D eigenvalue weighted by atomic mass is 10.2. The van der Waals surface area contributed by atoms with E-state index in [0.29, 0.717) is 5.56 Å². The highest BCUT2D eigenvalue weighted by Gasteiger charge is 2.23. The lowest BCUT2D eigenvalue weighted by molar-refractivity contribution is 0.392. The van der Waals surface area contributed by atoms with Crippen LogP contribution < -0.4 is 0 Å². The largest absolute Gasteiger partial charge is 0.504 e. The molecule has 0 fully saturated rings. The maximum absolute atomic E-state index is 12.4. The molecule has 0 unspecified atom stereocenters. The molecule has 0 bridgehead atoms. The van der Waals surface area contributed by atoms with Crippen molar-refractivity contribution in [3.63, 3.8) is 0 Å². The second-order valence-corrected chi connectivity index (χ2v) is 6.37. The van der Waals surface area contributed by atoms with E-state index in [-0.39, 0.29) is 9.79 Å². The van der Waals surface area contributed by atoms with Crippen LogP contribution in [0.25, 0.3) is 0 Å². The number of benzene rings is 2. The number of aryl methyl sites for hydroxylation is 2. The molecule has 19 heavy (non-hydrogen) atoms. The zero-order valence-electron chi connectivity index (χ0n) is 10.6. The maximum atomic E-state index is 12.4. The molecule has 0 heterocycles. The lowest BCUT2D eigenvalue weighted by Gasteiger charge is -2.09. The van der Waals surface area contributed by atoms with E-state index in [0.717, 1.165) is 5.56 Å². The van der Waals surface area contributed by atoms with Gasteiger partial charge in [0, 0.05) is 0 Å². The van der Waals surface area contributed by atoms with Crippen LogP contribution in [-0.4, -0.2) is 18.6 Å². The summed E-state index contributed by atoms with van der Waals surface area (Å²) in [4.78, 5) is -0.202. The summed E-state index contributed by atoms with van der Waals surface area (Å²) in [5.41, 5.74) is 1.50. The van der Waals surface area contributed by atoms with E-state index in [1.807, 2.05) is 6.92 Å². The third kappa shape index (κ3) is 2.42. The van der Waals surface area contributed by atoms with Crippen LogP contribution in [0.4, 0.5) is 0 Å². The minimum absolute atomic E-state index is 0.0819. The highest BCUT2D eigenvalue weighted by atomic mass is 32.2. The second-order valence-electron chi connectivity index (χ2n) is 4.45. The Morgan fingerprint density at radius 2 is 1.47 bits per heavy atom. The molecule has 0 radical (unpaired) electrons. The molecule has 0 amide bonds. The third-order valence-electron chi connectivity index (χ3n) is 2.82. The predicted molar refractivity (Wildman–Crippen MR) is 71.1 cm³/mol. The Morgan fingerprint density at radius 3 is 2.05 bits per heavy atom. The Bertz CT molecular complexity index is 716. The maximum Gasteiger partial charge on any atom is 0.210 e. The Kier molecular flexibility index (Phi) is 3.24. The van der Waals surface area contributed by atoms with Gasteiger partial charge in [-0.25, -0.2) is 8.42 Å². The van der Waals surface area contributed by atoms with Crippen molar-refractivity contribution in [3.05, 3.63) is 47.5 Å². The Balaban J connectivity index is 2.66. The number of hydrogen-bond donors (Lipinski definition) is 2. The SMILES string of the molecule is Cc1ccc(S(=O)(=O)c2cc(C)cc(O)c2O)cc1. The van der Waals surface area contributed by atoms with Crippen molar-refractivity contribution < 1.29 is 18.6 Å². The normalized spacial score (nSPS) is 11.5. The van der Waals surface area contributed by atoms with Gasteiger partial charge in [0.05, 0.1) is 4.90 Å². The molecule has 0 spiro atoms. The summed E-state index contributed by atoms with van der Waals surface area (Å²) in [7, 11) is -3.84. The molecule has 0 aliphatic heterocycles. The molecule has 0 saturated carbocycles. The Labute approximate surface area is 111 Å². The Morgan fingerprint density at radius 1 is 0.895 bits per heavy atom. The van der Waals surface area contributed by atoms with Gasteiger partial charge in [0.25, 0.3) is 0 Å². The van der Waals surface area contributed by atoms with Crippen molar-refractivity contribution >= 4 is 9.84 Å². The molecule has 5 heteroatoms. The Hall–Kier alpha value is -2.01. The molecule has 100 valence electrons. The van der Waals surface area contributed by atoms with Crippen LogP contribution in [0.2, 0.25) is 0 Å². The predicted octanol–water partition coefficient (Wildman–Crippen LogP) is 2.55. The summed E-state index contributed by atoms with van der Waals surface area (Å²) in [6.45, 7) is 3.50. The van der Waals surface area contributed by atoms with Gasteiger partial charge in [-0.1, -0.05) is 17.7 Å². The average molecular weight is 278 g/mol. The van der Waals surface area contributed by atoms with E-state index >= 15 is 0 Å². The molecule has 0 aliphatic carbocycles. The minimum Gasteiger partial charge on any atom is -0.504 e. The van der Waals surface area contributed by atoms with Crippen molar-refractivity contribution in [2.75, 3.05) is 0 Å². The van der Waals surface area contributed by atoms with Crippen LogP contribution in [0.3, 0.4) is 0 Å². The van der Waals surface area contributed by atoms with E-state index in [2.05, 4.69) is 0 Å². The van der Waals surface area contributed by atoms with Crippen molar-refractivity contribution in [3.8, 4) is 11.5 Å². The first-order valence-electron chi connectivity index (χ1n) is 5.66. The van der Waals surface area contributed by atoms with Crippen LogP contribution in [-0.2, 0) is 9.84 Å². The number of aromatic hydroxyl groups is 2. The highest BCUT2D eigenvalue weighted by Crippen LogP contribution is 2.36. The number of phenols is 2. The molecule has 2 rings (SSSR count). The van der Waals surface area contributed by atoms with Gasteiger partial charge in [-0.05, 0) is 43.7 Å². The van der Waals surface area contributed by atoms with Crippen LogP contribution in [0.1, 0.15) is 11.1 Å². The first-order valence-corrected chi connectivity index (χ1v) is 7.15. The van der Waals surface area contributed by atoms with Crippen LogP contribution in [0.5, 0.6) is 11.5 Å². The van der Waals surface area contributed by atoms with Gasteiger partial charge in [-0.15, -0.1) is 0 Å². The molecule has 2 aromatic rings. The number of sulfone groups is 1. The highest BCUT2D eigenvalue weighted by molar-refractivity contribution is 7.91. The van der Waals surface area contributed by atoms with Gasteiger partial charge < -0.3 is 10.2 Å². The van der Waals surface area contributed by atoms with Gasteiger partial charge in [0.1, 0.15) is 4.90 Å².